The van der Waals surface area contributed by atoms with Gasteiger partial charge >= 0.3 is 0 Å². The highest BCUT2D eigenvalue weighted by Gasteiger charge is 2.61. The highest BCUT2D eigenvalue weighted by Crippen LogP contribution is 2.67. The van der Waals surface area contributed by atoms with Crippen molar-refractivity contribution in [3.8, 4) is 0 Å². The van der Waals surface area contributed by atoms with Crippen molar-refractivity contribution >= 4 is 0 Å². The molecule has 0 saturated heterocycles. The third-order valence-corrected chi connectivity index (χ3v) is 9.70. The summed E-state index contributed by atoms with van der Waals surface area (Å²) in [6.45, 7) is 9.77. The van der Waals surface area contributed by atoms with E-state index < -0.39 is 0 Å². The van der Waals surface area contributed by atoms with Gasteiger partial charge in [0, 0.05) is 6.61 Å². The molecule has 2 N–H and O–H groups in total. The molecule has 4 aliphatic rings. The fourth-order valence-electron chi connectivity index (χ4n) is 8.47. The molecule has 0 spiro atoms. The summed E-state index contributed by atoms with van der Waals surface area (Å²) in [6.07, 6.45) is 9.28. The van der Waals surface area contributed by atoms with E-state index in [9.17, 15) is 10.2 Å². The Morgan fingerprint density at radius 2 is 1.77 bits per heavy atom. The molecule has 3 heteroatoms. The quantitative estimate of drug-likeness (QED) is 0.780. The van der Waals surface area contributed by atoms with E-state index in [0.717, 1.165) is 30.6 Å². The van der Waals surface area contributed by atoms with Gasteiger partial charge < -0.3 is 14.9 Å². The first-order valence-corrected chi connectivity index (χ1v) is 11.3. The van der Waals surface area contributed by atoms with Crippen molar-refractivity contribution in [1.29, 1.82) is 0 Å². The zero-order chi connectivity index (χ0) is 18.7. The summed E-state index contributed by atoms with van der Waals surface area (Å²) < 4.78 is 5.96. The molecule has 26 heavy (non-hydrogen) atoms. The van der Waals surface area contributed by atoms with E-state index in [4.69, 9.17) is 4.74 Å². The van der Waals surface area contributed by atoms with Gasteiger partial charge in [0.25, 0.3) is 0 Å². The van der Waals surface area contributed by atoms with Gasteiger partial charge in [-0.25, -0.2) is 0 Å². The molecule has 4 unspecified atom stereocenters. The van der Waals surface area contributed by atoms with Crippen molar-refractivity contribution in [3.63, 3.8) is 0 Å². The molecule has 0 aliphatic heterocycles. The van der Waals surface area contributed by atoms with Crippen LogP contribution in [0, 0.1) is 40.4 Å². The molecule has 4 rings (SSSR count). The van der Waals surface area contributed by atoms with Gasteiger partial charge in [0.15, 0.2) is 0 Å². The van der Waals surface area contributed by atoms with Crippen molar-refractivity contribution in [2.75, 3.05) is 6.61 Å². The Bertz CT molecular complexity index is 520. The normalized spacial score (nSPS) is 54.9. The summed E-state index contributed by atoms with van der Waals surface area (Å²) in [5.41, 5.74) is 0.665. The van der Waals surface area contributed by atoms with Gasteiger partial charge in [-0.05, 0) is 106 Å². The van der Waals surface area contributed by atoms with Gasteiger partial charge in [-0.3, -0.25) is 0 Å². The lowest BCUT2D eigenvalue weighted by molar-refractivity contribution is -0.173. The van der Waals surface area contributed by atoms with Gasteiger partial charge in [-0.15, -0.1) is 0 Å². The zero-order valence-electron chi connectivity index (χ0n) is 17.3. The molecule has 0 amide bonds. The van der Waals surface area contributed by atoms with Crippen LogP contribution in [-0.2, 0) is 4.74 Å². The number of hydrogen-bond donors (Lipinski definition) is 2. The first-order chi connectivity index (χ1) is 12.3. The van der Waals surface area contributed by atoms with Crippen LogP contribution in [0.1, 0.15) is 79.1 Å². The van der Waals surface area contributed by atoms with Gasteiger partial charge in [-0.1, -0.05) is 13.8 Å². The van der Waals surface area contributed by atoms with E-state index in [1.807, 2.05) is 13.8 Å². The Kier molecular flexibility index (Phi) is 4.98. The molecule has 0 radical (unpaired) electrons. The fourth-order valence-corrected chi connectivity index (χ4v) is 8.47. The average Bonchev–Trinajstić information content (AvgIpc) is 2.94. The summed E-state index contributed by atoms with van der Waals surface area (Å²) in [4.78, 5) is 0. The molecule has 10 atom stereocenters. The lowest BCUT2D eigenvalue weighted by atomic mass is 9.44. The molecule has 4 fully saturated rings. The third kappa shape index (κ3) is 2.71. The zero-order valence-corrected chi connectivity index (χ0v) is 17.3. The second-order valence-electron chi connectivity index (χ2n) is 10.6. The number of aliphatic hydroxyl groups is 2. The van der Waals surface area contributed by atoms with E-state index in [2.05, 4.69) is 13.8 Å². The Morgan fingerprint density at radius 1 is 1.04 bits per heavy atom. The maximum Gasteiger partial charge on any atom is 0.0839 e. The molecule has 4 saturated carbocycles. The van der Waals surface area contributed by atoms with E-state index >= 15 is 0 Å². The molecule has 0 heterocycles. The second-order valence-corrected chi connectivity index (χ2v) is 10.6. The van der Waals surface area contributed by atoms with Crippen LogP contribution in [0.2, 0.25) is 0 Å². The van der Waals surface area contributed by atoms with E-state index in [0.29, 0.717) is 29.3 Å². The minimum absolute atomic E-state index is 0.0297. The van der Waals surface area contributed by atoms with Gasteiger partial charge in [-0.2, -0.15) is 0 Å². The molecule has 3 nitrogen and oxygen atoms in total. The predicted molar refractivity (Wildman–Crippen MR) is 104 cm³/mol. The van der Waals surface area contributed by atoms with E-state index in [1.54, 1.807) is 0 Å². The Morgan fingerprint density at radius 3 is 2.46 bits per heavy atom. The van der Waals surface area contributed by atoms with Crippen LogP contribution in [0.4, 0.5) is 0 Å². The Balaban J connectivity index is 1.59. The van der Waals surface area contributed by atoms with E-state index in [-0.39, 0.29) is 18.3 Å². The molecular weight excluding hydrogens is 324 g/mol. The maximum absolute atomic E-state index is 10.6. The van der Waals surface area contributed by atoms with Crippen LogP contribution in [-0.4, -0.2) is 35.1 Å². The average molecular weight is 365 g/mol. The predicted octanol–water partition coefficient (Wildman–Crippen LogP) is 4.40. The van der Waals surface area contributed by atoms with Gasteiger partial charge in [0.2, 0.25) is 0 Å². The van der Waals surface area contributed by atoms with E-state index in [1.165, 1.54) is 38.5 Å². The molecular formula is C23H40O3. The number of hydrogen-bond acceptors (Lipinski definition) is 3. The van der Waals surface area contributed by atoms with Crippen molar-refractivity contribution in [2.24, 2.45) is 40.4 Å². The summed E-state index contributed by atoms with van der Waals surface area (Å²) >= 11 is 0. The van der Waals surface area contributed by atoms with Crippen LogP contribution in [0.25, 0.3) is 0 Å². The SMILES string of the molecule is CCOC1C[C@@]2(C)C(CC[C@H]3[C@@H]4CC[C@H](C(C)O)[C@@]4(C)CC[C@@H]32)CC1O. The van der Waals surface area contributed by atoms with Crippen molar-refractivity contribution in [3.05, 3.63) is 0 Å². The molecule has 0 aromatic heterocycles. The number of rotatable bonds is 3. The van der Waals surface area contributed by atoms with Crippen LogP contribution < -0.4 is 0 Å². The highest BCUT2D eigenvalue weighted by molar-refractivity contribution is 5.10. The molecule has 4 aliphatic carbocycles. The Hall–Kier alpha value is -0.120. The van der Waals surface area contributed by atoms with Crippen molar-refractivity contribution in [1.82, 2.24) is 0 Å². The van der Waals surface area contributed by atoms with Crippen molar-refractivity contribution in [2.45, 2.75) is 97.4 Å². The highest BCUT2D eigenvalue weighted by atomic mass is 16.5. The van der Waals surface area contributed by atoms with Crippen LogP contribution >= 0.6 is 0 Å². The first kappa shape index (κ1) is 19.2. The molecule has 0 bridgehead atoms. The monoisotopic (exact) mass is 364 g/mol. The second kappa shape index (κ2) is 6.74. The number of aliphatic hydroxyl groups excluding tert-OH is 2. The largest absolute Gasteiger partial charge is 0.393 e. The number of ether oxygens (including phenoxy) is 1. The summed E-state index contributed by atoms with van der Waals surface area (Å²) in [6, 6.07) is 0. The molecule has 150 valence electrons. The lowest BCUT2D eigenvalue weighted by Crippen LogP contribution is -2.57. The summed E-state index contributed by atoms with van der Waals surface area (Å²) in [5.74, 6) is 3.53. The summed E-state index contributed by atoms with van der Waals surface area (Å²) in [7, 11) is 0. The topological polar surface area (TPSA) is 49.7 Å². The van der Waals surface area contributed by atoms with Crippen LogP contribution in [0.15, 0.2) is 0 Å². The fraction of sp³-hybridized carbons (Fsp3) is 1.00. The Labute approximate surface area is 159 Å². The summed E-state index contributed by atoms with van der Waals surface area (Å²) in [5, 5.41) is 21.0. The van der Waals surface area contributed by atoms with Crippen molar-refractivity contribution < 1.29 is 14.9 Å². The lowest BCUT2D eigenvalue weighted by Gasteiger charge is -2.62. The molecule has 0 aromatic rings. The third-order valence-electron chi connectivity index (χ3n) is 9.70. The number of fused-ring (bicyclic) bond motifs is 5. The minimum Gasteiger partial charge on any atom is -0.393 e. The first-order valence-electron chi connectivity index (χ1n) is 11.3. The standard InChI is InChI=1S/C23H40O3/c1-5-26-21-13-23(4)15(12-20(21)25)6-7-16-18-9-8-17(14(2)24)22(18,3)11-10-19(16)23/h14-21,24-25H,5-13H2,1-4H3/t14?,15?,16-,17+,18-,19-,20?,21?,22+,23-/m0/s1. The minimum atomic E-state index is -0.274. The molecule has 0 aromatic carbocycles. The van der Waals surface area contributed by atoms with Crippen LogP contribution in [0.5, 0.6) is 0 Å². The van der Waals surface area contributed by atoms with Gasteiger partial charge in [0.1, 0.15) is 0 Å². The van der Waals surface area contributed by atoms with Crippen LogP contribution in [0.3, 0.4) is 0 Å². The maximum atomic E-state index is 10.6. The smallest absolute Gasteiger partial charge is 0.0839 e. The van der Waals surface area contributed by atoms with Gasteiger partial charge in [0.05, 0.1) is 18.3 Å².